The molecule has 2 heterocycles. The molecular formula is C10H15N3O4S. The third kappa shape index (κ3) is 2.13. The van der Waals surface area contributed by atoms with E-state index in [2.05, 4.69) is 5.10 Å². The second kappa shape index (κ2) is 4.36. The van der Waals surface area contributed by atoms with Gasteiger partial charge in [0.1, 0.15) is 4.90 Å². The number of sulfonamides is 1. The van der Waals surface area contributed by atoms with Crippen molar-refractivity contribution in [2.45, 2.75) is 11.8 Å². The van der Waals surface area contributed by atoms with Gasteiger partial charge < -0.3 is 5.11 Å². The van der Waals surface area contributed by atoms with Gasteiger partial charge in [-0.15, -0.1) is 0 Å². The van der Waals surface area contributed by atoms with Crippen molar-refractivity contribution >= 4 is 16.0 Å². The number of carbonyl (C=O) groups is 1. The van der Waals surface area contributed by atoms with E-state index < -0.39 is 21.9 Å². The molecule has 1 unspecified atom stereocenters. The average molecular weight is 273 g/mol. The second-order valence-electron chi connectivity index (χ2n) is 4.56. The number of hydrogen-bond donors (Lipinski definition) is 1. The molecule has 0 amide bonds. The van der Waals surface area contributed by atoms with Crippen LogP contribution in [0.3, 0.4) is 0 Å². The van der Waals surface area contributed by atoms with E-state index in [9.17, 15) is 13.2 Å². The third-order valence-electron chi connectivity index (χ3n) is 3.29. The monoisotopic (exact) mass is 273 g/mol. The number of aryl methyl sites for hydroxylation is 1. The summed E-state index contributed by atoms with van der Waals surface area (Å²) in [4.78, 5) is 10.9. The third-order valence-corrected chi connectivity index (χ3v) is 5.08. The van der Waals surface area contributed by atoms with Gasteiger partial charge in [0, 0.05) is 26.3 Å². The molecule has 1 N–H and O–H groups in total. The Kier molecular flexibility index (Phi) is 3.16. The van der Waals surface area contributed by atoms with Crippen molar-refractivity contribution < 1.29 is 18.3 Å². The van der Waals surface area contributed by atoms with Crippen molar-refractivity contribution in [3.8, 4) is 0 Å². The van der Waals surface area contributed by atoms with Crippen LogP contribution in [0.15, 0.2) is 17.3 Å². The van der Waals surface area contributed by atoms with E-state index in [0.717, 1.165) is 0 Å². The zero-order chi connectivity index (χ0) is 13.5. The summed E-state index contributed by atoms with van der Waals surface area (Å²) in [5, 5.41) is 12.7. The lowest BCUT2D eigenvalue weighted by Crippen LogP contribution is -2.53. The molecule has 0 bridgehead atoms. The predicted octanol–water partition coefficient (Wildman–Crippen LogP) is -0.239. The highest BCUT2D eigenvalue weighted by Crippen LogP contribution is 2.29. The fraction of sp³-hybridized carbons (Fsp3) is 0.600. The first kappa shape index (κ1) is 13.0. The quantitative estimate of drug-likeness (QED) is 0.817. The van der Waals surface area contributed by atoms with Gasteiger partial charge in [-0.05, 0) is 5.92 Å². The largest absolute Gasteiger partial charge is 0.481 e. The zero-order valence-corrected chi connectivity index (χ0v) is 11.0. The Hall–Kier alpha value is -1.41. The topological polar surface area (TPSA) is 92.5 Å². The summed E-state index contributed by atoms with van der Waals surface area (Å²) < 4.78 is 26.9. The molecule has 0 aliphatic carbocycles. The summed E-state index contributed by atoms with van der Waals surface area (Å²) in [5.74, 6) is -1.53. The van der Waals surface area contributed by atoms with Gasteiger partial charge in [-0.2, -0.15) is 9.40 Å². The first-order valence-electron chi connectivity index (χ1n) is 5.54. The van der Waals surface area contributed by atoms with Crippen LogP contribution < -0.4 is 0 Å². The number of hydrogen-bond acceptors (Lipinski definition) is 4. The normalized spacial score (nSPS) is 19.4. The average Bonchev–Trinajstić information content (AvgIpc) is 2.62. The van der Waals surface area contributed by atoms with Crippen LogP contribution in [0.5, 0.6) is 0 Å². The van der Waals surface area contributed by atoms with Gasteiger partial charge in [-0.25, -0.2) is 8.42 Å². The van der Waals surface area contributed by atoms with Crippen LogP contribution in [0.4, 0.5) is 0 Å². The first-order chi connectivity index (χ1) is 8.32. The van der Waals surface area contributed by atoms with Gasteiger partial charge in [0.2, 0.25) is 10.0 Å². The maximum absolute atomic E-state index is 12.1. The maximum Gasteiger partial charge on any atom is 0.306 e. The molecule has 1 atom stereocenters. The molecule has 18 heavy (non-hydrogen) atoms. The van der Waals surface area contributed by atoms with Gasteiger partial charge >= 0.3 is 5.97 Å². The lowest BCUT2D eigenvalue weighted by atomic mass is 9.89. The Labute approximate surface area is 105 Å². The Morgan fingerprint density at radius 1 is 1.56 bits per heavy atom. The number of carboxylic acids is 1. The zero-order valence-electron chi connectivity index (χ0n) is 10.1. The molecule has 100 valence electrons. The van der Waals surface area contributed by atoms with Gasteiger partial charge in [0.25, 0.3) is 0 Å². The molecule has 0 radical (unpaired) electrons. The van der Waals surface area contributed by atoms with E-state index in [0.29, 0.717) is 0 Å². The SMILES string of the molecule is CC(C(=O)O)C1CN(S(=O)(=O)c2cnn(C)c2)C1. The van der Waals surface area contributed by atoms with Crippen LogP contribution >= 0.6 is 0 Å². The van der Waals surface area contributed by atoms with Gasteiger partial charge in [0.05, 0.1) is 12.1 Å². The molecule has 0 spiro atoms. The predicted molar refractivity (Wildman–Crippen MR) is 62.3 cm³/mol. The minimum atomic E-state index is -3.52. The van der Waals surface area contributed by atoms with E-state index in [-0.39, 0.29) is 23.9 Å². The van der Waals surface area contributed by atoms with Gasteiger partial charge in [-0.3, -0.25) is 9.48 Å². The minimum Gasteiger partial charge on any atom is -0.481 e. The molecule has 1 aliphatic heterocycles. The molecule has 7 nitrogen and oxygen atoms in total. The van der Waals surface area contributed by atoms with Crippen LogP contribution in [0.2, 0.25) is 0 Å². The maximum atomic E-state index is 12.1. The van der Waals surface area contributed by atoms with Crippen molar-refractivity contribution in [1.82, 2.24) is 14.1 Å². The van der Waals surface area contributed by atoms with Crippen LogP contribution in [-0.4, -0.2) is 46.7 Å². The molecular weight excluding hydrogens is 258 g/mol. The smallest absolute Gasteiger partial charge is 0.306 e. The Morgan fingerprint density at radius 2 is 2.17 bits per heavy atom. The van der Waals surface area contributed by atoms with Crippen molar-refractivity contribution in [1.29, 1.82) is 0 Å². The summed E-state index contributed by atoms with van der Waals surface area (Å²) in [6.45, 7) is 2.11. The summed E-state index contributed by atoms with van der Waals surface area (Å²) in [6.07, 6.45) is 2.73. The number of nitrogens with zero attached hydrogens (tertiary/aromatic N) is 3. The summed E-state index contributed by atoms with van der Waals surface area (Å²) >= 11 is 0. The fourth-order valence-electron chi connectivity index (χ4n) is 1.86. The van der Waals surface area contributed by atoms with Crippen molar-refractivity contribution in [3.63, 3.8) is 0 Å². The Bertz CT molecular complexity index is 559. The van der Waals surface area contributed by atoms with Gasteiger partial charge in [-0.1, -0.05) is 6.92 Å². The molecule has 1 aromatic heterocycles. The minimum absolute atomic E-state index is 0.117. The fourth-order valence-corrected chi connectivity index (χ4v) is 3.40. The molecule has 8 heteroatoms. The van der Waals surface area contributed by atoms with E-state index >= 15 is 0 Å². The summed E-state index contributed by atoms with van der Waals surface area (Å²) in [6, 6.07) is 0. The highest BCUT2D eigenvalue weighted by atomic mass is 32.2. The highest BCUT2D eigenvalue weighted by molar-refractivity contribution is 7.89. The van der Waals surface area contributed by atoms with E-state index in [1.165, 1.54) is 21.4 Å². The summed E-state index contributed by atoms with van der Waals surface area (Å²) in [7, 11) is -1.87. The Morgan fingerprint density at radius 3 is 2.61 bits per heavy atom. The number of aliphatic carboxylic acids is 1. The summed E-state index contributed by atoms with van der Waals surface area (Å²) in [5.41, 5.74) is 0. The van der Waals surface area contributed by atoms with E-state index in [1.807, 2.05) is 0 Å². The van der Waals surface area contributed by atoms with Crippen molar-refractivity contribution in [3.05, 3.63) is 12.4 Å². The number of carboxylic acid groups (broad SMARTS) is 1. The van der Waals surface area contributed by atoms with Crippen molar-refractivity contribution in [2.24, 2.45) is 18.9 Å². The lowest BCUT2D eigenvalue weighted by molar-refractivity contribution is -0.144. The van der Waals surface area contributed by atoms with Crippen LogP contribution in [0, 0.1) is 11.8 Å². The molecule has 1 saturated heterocycles. The van der Waals surface area contributed by atoms with E-state index in [4.69, 9.17) is 5.11 Å². The van der Waals surface area contributed by atoms with Crippen LogP contribution in [0.1, 0.15) is 6.92 Å². The lowest BCUT2D eigenvalue weighted by Gasteiger charge is -2.39. The standard InChI is InChI=1S/C10H15N3O4S/c1-7(10(14)15)8-4-13(5-8)18(16,17)9-3-11-12(2)6-9/h3,6-8H,4-5H2,1-2H3,(H,14,15). The molecule has 1 fully saturated rings. The molecule has 0 saturated carbocycles. The molecule has 2 rings (SSSR count). The first-order valence-corrected chi connectivity index (χ1v) is 6.98. The molecule has 1 aromatic rings. The molecule has 1 aliphatic rings. The number of rotatable bonds is 4. The second-order valence-corrected chi connectivity index (χ2v) is 6.50. The Balaban J connectivity index is 2.06. The van der Waals surface area contributed by atoms with Crippen LogP contribution in [0.25, 0.3) is 0 Å². The van der Waals surface area contributed by atoms with E-state index in [1.54, 1.807) is 14.0 Å². The number of aromatic nitrogens is 2. The molecule has 0 aromatic carbocycles. The van der Waals surface area contributed by atoms with Crippen LogP contribution in [-0.2, 0) is 21.9 Å². The van der Waals surface area contributed by atoms with Crippen molar-refractivity contribution in [2.75, 3.05) is 13.1 Å². The van der Waals surface area contributed by atoms with Gasteiger partial charge in [0.15, 0.2) is 0 Å². The highest BCUT2D eigenvalue weighted by Gasteiger charge is 2.41.